The molecule has 0 unspecified atom stereocenters. The first-order valence-electron chi connectivity index (χ1n) is 7.92. The number of nitrogens with zero attached hydrogens (tertiary/aromatic N) is 3. The number of carboxylic acids is 1. The molecule has 7 nitrogen and oxygen atoms in total. The number of aliphatic carboxylic acids is 1. The lowest BCUT2D eigenvalue weighted by Crippen LogP contribution is -2.16. The van der Waals surface area contributed by atoms with Crippen molar-refractivity contribution < 1.29 is 14.6 Å². The first-order chi connectivity index (χ1) is 12.5. The molecule has 0 saturated heterocycles. The van der Waals surface area contributed by atoms with E-state index in [0.29, 0.717) is 11.1 Å². The Labute approximate surface area is 153 Å². The monoisotopic (exact) mass is 371 g/mol. The fourth-order valence-electron chi connectivity index (χ4n) is 2.34. The average Bonchev–Trinajstić information content (AvgIpc) is 2.90. The molecule has 0 aliphatic rings. The largest absolute Gasteiger partial charge is 0.493 e. The SMILES string of the molecule is Cc1sc2ncn(/N=C/c3ccc(OCCC(=O)O)cc3)c(=O)c2c1C. The summed E-state index contributed by atoms with van der Waals surface area (Å²) in [5.74, 6) is -0.325. The highest BCUT2D eigenvalue weighted by atomic mass is 32.1. The van der Waals surface area contributed by atoms with E-state index in [0.717, 1.165) is 20.8 Å². The van der Waals surface area contributed by atoms with Gasteiger partial charge in [-0.2, -0.15) is 9.78 Å². The van der Waals surface area contributed by atoms with Crippen molar-refractivity contribution in [2.75, 3.05) is 6.61 Å². The van der Waals surface area contributed by atoms with E-state index in [1.165, 1.54) is 22.3 Å². The zero-order valence-corrected chi connectivity index (χ0v) is 15.1. The van der Waals surface area contributed by atoms with Crippen LogP contribution in [0.4, 0.5) is 0 Å². The summed E-state index contributed by atoms with van der Waals surface area (Å²) >= 11 is 1.50. The minimum absolute atomic E-state index is 0.0525. The third-order valence-electron chi connectivity index (χ3n) is 3.87. The number of aryl methyl sites for hydroxylation is 2. The fraction of sp³-hybridized carbons (Fsp3) is 0.222. The van der Waals surface area contributed by atoms with E-state index in [4.69, 9.17) is 9.84 Å². The summed E-state index contributed by atoms with van der Waals surface area (Å²) in [5, 5.41) is 13.4. The Morgan fingerprint density at radius 2 is 2.08 bits per heavy atom. The van der Waals surface area contributed by atoms with E-state index >= 15 is 0 Å². The maximum atomic E-state index is 12.6. The van der Waals surface area contributed by atoms with E-state index < -0.39 is 5.97 Å². The van der Waals surface area contributed by atoms with Gasteiger partial charge in [0, 0.05) is 4.88 Å². The molecular formula is C18H17N3O4S. The van der Waals surface area contributed by atoms with Crippen molar-refractivity contribution in [3.63, 3.8) is 0 Å². The molecule has 0 amide bonds. The van der Waals surface area contributed by atoms with Crippen LogP contribution in [0.15, 0.2) is 40.5 Å². The van der Waals surface area contributed by atoms with Gasteiger partial charge < -0.3 is 9.84 Å². The number of aromatic nitrogens is 2. The number of hydrogen-bond acceptors (Lipinski definition) is 6. The quantitative estimate of drug-likeness (QED) is 0.673. The number of ether oxygens (including phenoxy) is 1. The number of carbonyl (C=O) groups is 1. The minimum Gasteiger partial charge on any atom is -0.493 e. The van der Waals surface area contributed by atoms with Gasteiger partial charge in [-0.3, -0.25) is 9.59 Å². The summed E-state index contributed by atoms with van der Waals surface area (Å²) in [6.45, 7) is 3.99. The van der Waals surface area contributed by atoms with Gasteiger partial charge in [0.05, 0.1) is 24.6 Å². The van der Waals surface area contributed by atoms with Crippen LogP contribution in [0.3, 0.4) is 0 Å². The molecule has 3 aromatic rings. The van der Waals surface area contributed by atoms with Gasteiger partial charge in [-0.25, -0.2) is 4.98 Å². The van der Waals surface area contributed by atoms with Crippen LogP contribution in [0.25, 0.3) is 10.2 Å². The topological polar surface area (TPSA) is 93.8 Å². The lowest BCUT2D eigenvalue weighted by molar-refractivity contribution is -0.137. The van der Waals surface area contributed by atoms with E-state index in [-0.39, 0.29) is 18.6 Å². The van der Waals surface area contributed by atoms with Gasteiger partial charge in [0.2, 0.25) is 0 Å². The Morgan fingerprint density at radius 3 is 2.77 bits per heavy atom. The minimum atomic E-state index is -0.902. The molecule has 8 heteroatoms. The van der Waals surface area contributed by atoms with Crippen molar-refractivity contribution in [1.82, 2.24) is 9.66 Å². The highest BCUT2D eigenvalue weighted by Crippen LogP contribution is 2.25. The van der Waals surface area contributed by atoms with E-state index in [1.54, 1.807) is 30.5 Å². The Morgan fingerprint density at radius 1 is 1.35 bits per heavy atom. The molecule has 0 spiro atoms. The molecule has 26 heavy (non-hydrogen) atoms. The van der Waals surface area contributed by atoms with Gasteiger partial charge in [0.25, 0.3) is 5.56 Å². The number of benzene rings is 1. The molecule has 0 bridgehead atoms. The van der Waals surface area contributed by atoms with Crippen LogP contribution in [-0.2, 0) is 4.79 Å². The summed E-state index contributed by atoms with van der Waals surface area (Å²) in [6.07, 6.45) is 2.92. The van der Waals surface area contributed by atoms with E-state index in [1.807, 2.05) is 13.8 Å². The van der Waals surface area contributed by atoms with Crippen molar-refractivity contribution in [2.24, 2.45) is 5.10 Å². The van der Waals surface area contributed by atoms with Crippen LogP contribution < -0.4 is 10.3 Å². The molecular weight excluding hydrogens is 354 g/mol. The Balaban J connectivity index is 1.76. The lowest BCUT2D eigenvalue weighted by atomic mass is 10.2. The predicted molar refractivity (Wildman–Crippen MR) is 101 cm³/mol. The normalized spacial score (nSPS) is 11.3. The van der Waals surface area contributed by atoms with Gasteiger partial charge in [-0.05, 0) is 49.2 Å². The molecule has 1 aromatic carbocycles. The fourth-order valence-corrected chi connectivity index (χ4v) is 3.33. The molecule has 0 aliphatic heterocycles. The van der Waals surface area contributed by atoms with Crippen molar-refractivity contribution >= 4 is 33.7 Å². The number of rotatable bonds is 6. The highest BCUT2D eigenvalue weighted by molar-refractivity contribution is 7.18. The summed E-state index contributed by atoms with van der Waals surface area (Å²) < 4.78 is 6.55. The summed E-state index contributed by atoms with van der Waals surface area (Å²) in [4.78, 5) is 29.1. The molecule has 134 valence electrons. The van der Waals surface area contributed by atoms with Crippen molar-refractivity contribution in [2.45, 2.75) is 20.3 Å². The van der Waals surface area contributed by atoms with Crippen LogP contribution in [0.5, 0.6) is 5.75 Å². The second kappa shape index (κ2) is 7.49. The van der Waals surface area contributed by atoms with Gasteiger partial charge >= 0.3 is 5.97 Å². The number of hydrogen-bond donors (Lipinski definition) is 1. The molecule has 3 rings (SSSR count). The molecule has 2 heterocycles. The molecule has 2 aromatic heterocycles. The average molecular weight is 371 g/mol. The predicted octanol–water partition coefficient (Wildman–Crippen LogP) is 2.81. The standard InChI is InChI=1S/C18H17N3O4S/c1-11-12(2)26-17-16(11)18(24)21(10-19-17)20-9-13-3-5-14(6-4-13)25-8-7-15(22)23/h3-6,9-10H,7-8H2,1-2H3,(H,22,23)/b20-9+. The zero-order valence-electron chi connectivity index (χ0n) is 14.3. The van der Waals surface area contributed by atoms with Crippen LogP contribution in [0, 0.1) is 13.8 Å². The Hall–Kier alpha value is -3.00. The number of fused-ring (bicyclic) bond motifs is 1. The summed E-state index contributed by atoms with van der Waals surface area (Å²) in [5.41, 5.74) is 1.53. The molecule has 0 atom stereocenters. The molecule has 0 saturated carbocycles. The molecule has 0 aliphatic carbocycles. The molecule has 0 fully saturated rings. The van der Waals surface area contributed by atoms with Crippen LogP contribution in [0.2, 0.25) is 0 Å². The van der Waals surface area contributed by atoms with Gasteiger partial charge in [-0.15, -0.1) is 11.3 Å². The first kappa shape index (κ1) is 17.8. The van der Waals surface area contributed by atoms with Crippen molar-refractivity contribution in [3.05, 3.63) is 57.0 Å². The van der Waals surface area contributed by atoms with Gasteiger partial charge in [0.15, 0.2) is 0 Å². The van der Waals surface area contributed by atoms with Crippen LogP contribution in [0.1, 0.15) is 22.4 Å². The zero-order chi connectivity index (χ0) is 18.7. The van der Waals surface area contributed by atoms with Gasteiger partial charge in [0.1, 0.15) is 16.9 Å². The lowest BCUT2D eigenvalue weighted by Gasteiger charge is -2.04. The Kier molecular flexibility index (Phi) is 5.13. The second-order valence-electron chi connectivity index (χ2n) is 5.66. The van der Waals surface area contributed by atoms with Crippen LogP contribution >= 0.6 is 11.3 Å². The first-order valence-corrected chi connectivity index (χ1v) is 8.73. The molecule has 1 N–H and O–H groups in total. The Bertz CT molecular complexity index is 1040. The maximum Gasteiger partial charge on any atom is 0.306 e. The van der Waals surface area contributed by atoms with Crippen molar-refractivity contribution in [3.8, 4) is 5.75 Å². The third-order valence-corrected chi connectivity index (χ3v) is 4.98. The van der Waals surface area contributed by atoms with Crippen LogP contribution in [-0.4, -0.2) is 33.6 Å². The summed E-state index contributed by atoms with van der Waals surface area (Å²) in [6, 6.07) is 6.99. The number of carboxylic acid groups (broad SMARTS) is 1. The maximum absolute atomic E-state index is 12.6. The summed E-state index contributed by atoms with van der Waals surface area (Å²) in [7, 11) is 0. The van der Waals surface area contributed by atoms with Crippen molar-refractivity contribution in [1.29, 1.82) is 0 Å². The van der Waals surface area contributed by atoms with Gasteiger partial charge in [-0.1, -0.05) is 0 Å². The second-order valence-corrected chi connectivity index (χ2v) is 6.87. The highest BCUT2D eigenvalue weighted by Gasteiger charge is 2.11. The van der Waals surface area contributed by atoms with E-state index in [2.05, 4.69) is 10.1 Å². The number of thiophene rings is 1. The third kappa shape index (κ3) is 3.80. The smallest absolute Gasteiger partial charge is 0.306 e. The molecule has 0 radical (unpaired) electrons. The van der Waals surface area contributed by atoms with E-state index in [9.17, 15) is 9.59 Å².